The van der Waals surface area contributed by atoms with E-state index in [0.29, 0.717) is 11.4 Å². The fourth-order valence-corrected chi connectivity index (χ4v) is 3.54. The van der Waals surface area contributed by atoms with Crippen LogP contribution in [0, 0.1) is 0 Å². The quantitative estimate of drug-likeness (QED) is 0.530. The van der Waals surface area contributed by atoms with Gasteiger partial charge in [-0.05, 0) is 38.0 Å². The Labute approximate surface area is 168 Å². The number of hydrogen-bond acceptors (Lipinski definition) is 3. The van der Waals surface area contributed by atoms with Gasteiger partial charge in [-0.15, -0.1) is 0 Å². The molecule has 1 aromatic carbocycles. The van der Waals surface area contributed by atoms with E-state index >= 15 is 0 Å². The number of anilines is 1. The maximum Gasteiger partial charge on any atom is 0.350 e. The van der Waals surface area contributed by atoms with E-state index in [1.54, 1.807) is 41.1 Å². The molecule has 1 aromatic heterocycles. The van der Waals surface area contributed by atoms with Gasteiger partial charge in [-0.2, -0.15) is 4.98 Å². The van der Waals surface area contributed by atoms with Crippen molar-refractivity contribution in [3.63, 3.8) is 0 Å². The minimum Gasteiger partial charge on any atom is -0.306 e. The highest BCUT2D eigenvalue weighted by molar-refractivity contribution is 6.03. The van der Waals surface area contributed by atoms with Crippen LogP contribution in [0.3, 0.4) is 0 Å². The molecule has 0 bridgehead atoms. The van der Waals surface area contributed by atoms with Crippen LogP contribution in [0.1, 0.15) is 82.5 Å². The molecule has 0 spiro atoms. The van der Waals surface area contributed by atoms with Crippen LogP contribution in [0.5, 0.6) is 0 Å². The zero-order valence-electron chi connectivity index (χ0n) is 17.4. The van der Waals surface area contributed by atoms with Crippen molar-refractivity contribution in [3.05, 3.63) is 58.6 Å². The normalized spacial score (nSPS) is 11.4. The molecule has 28 heavy (non-hydrogen) atoms. The summed E-state index contributed by atoms with van der Waals surface area (Å²) in [6.07, 6.45) is 10.5. The van der Waals surface area contributed by atoms with Crippen molar-refractivity contribution < 1.29 is 4.79 Å². The van der Waals surface area contributed by atoms with Gasteiger partial charge in [-0.1, -0.05) is 70.6 Å². The first-order chi connectivity index (χ1) is 13.5. The van der Waals surface area contributed by atoms with Gasteiger partial charge in [0.05, 0.1) is 0 Å². The van der Waals surface area contributed by atoms with Gasteiger partial charge < -0.3 is 5.32 Å². The second-order valence-corrected chi connectivity index (χ2v) is 7.70. The first kappa shape index (κ1) is 21.9. The number of nitrogens with one attached hydrogen (secondary N) is 1. The SMILES string of the molecule is CCCCCC(C)(CCCCC)n1ccc(NC(=O)c2ccccc2)nc1=O. The first-order valence-electron chi connectivity index (χ1n) is 10.5. The Balaban J connectivity index is 2.18. The van der Waals surface area contributed by atoms with Crippen molar-refractivity contribution >= 4 is 11.7 Å². The molecule has 5 heteroatoms. The summed E-state index contributed by atoms with van der Waals surface area (Å²) in [4.78, 5) is 29.2. The monoisotopic (exact) mass is 383 g/mol. The molecule has 1 amide bonds. The topological polar surface area (TPSA) is 64.0 Å². The Kier molecular flexibility index (Phi) is 8.42. The molecule has 0 unspecified atom stereocenters. The van der Waals surface area contributed by atoms with Gasteiger partial charge in [-0.25, -0.2) is 4.79 Å². The van der Waals surface area contributed by atoms with Crippen molar-refractivity contribution in [2.45, 2.75) is 77.7 Å². The Bertz CT molecular complexity index is 789. The van der Waals surface area contributed by atoms with Crippen LogP contribution in [-0.4, -0.2) is 15.5 Å². The van der Waals surface area contributed by atoms with E-state index in [1.165, 1.54) is 0 Å². The third-order valence-corrected chi connectivity index (χ3v) is 5.30. The lowest BCUT2D eigenvalue weighted by Crippen LogP contribution is -2.40. The highest BCUT2D eigenvalue weighted by Crippen LogP contribution is 2.29. The van der Waals surface area contributed by atoms with Gasteiger partial charge in [0.15, 0.2) is 0 Å². The summed E-state index contributed by atoms with van der Waals surface area (Å²) in [6.45, 7) is 6.53. The van der Waals surface area contributed by atoms with Crippen LogP contribution >= 0.6 is 0 Å². The minimum absolute atomic E-state index is 0.240. The van der Waals surface area contributed by atoms with Gasteiger partial charge in [0.2, 0.25) is 0 Å². The molecule has 0 radical (unpaired) electrons. The highest BCUT2D eigenvalue weighted by Gasteiger charge is 2.27. The van der Waals surface area contributed by atoms with E-state index in [0.717, 1.165) is 51.4 Å². The Morgan fingerprint density at radius 1 is 1.00 bits per heavy atom. The lowest BCUT2D eigenvalue weighted by molar-refractivity contribution is 0.102. The van der Waals surface area contributed by atoms with Gasteiger partial charge in [-0.3, -0.25) is 9.36 Å². The molecule has 0 aliphatic heterocycles. The Morgan fingerprint density at radius 3 is 2.14 bits per heavy atom. The summed E-state index contributed by atoms with van der Waals surface area (Å²) < 4.78 is 1.76. The molecule has 0 fully saturated rings. The summed E-state index contributed by atoms with van der Waals surface area (Å²) in [6, 6.07) is 10.6. The maximum absolute atomic E-state index is 12.8. The number of hydrogen-bond donors (Lipinski definition) is 1. The number of amides is 1. The van der Waals surface area contributed by atoms with Crippen LogP contribution < -0.4 is 11.0 Å². The minimum atomic E-state index is -0.304. The second-order valence-electron chi connectivity index (χ2n) is 7.70. The molecule has 0 atom stereocenters. The molecule has 0 saturated heterocycles. The van der Waals surface area contributed by atoms with E-state index in [-0.39, 0.29) is 17.1 Å². The Morgan fingerprint density at radius 2 is 1.61 bits per heavy atom. The number of benzene rings is 1. The van der Waals surface area contributed by atoms with Crippen LogP contribution in [0.15, 0.2) is 47.4 Å². The third kappa shape index (κ3) is 6.04. The predicted molar refractivity (Wildman–Crippen MR) is 115 cm³/mol. The van der Waals surface area contributed by atoms with Crippen molar-refractivity contribution in [1.29, 1.82) is 0 Å². The van der Waals surface area contributed by atoms with E-state index in [1.807, 2.05) is 6.07 Å². The molecule has 0 saturated carbocycles. The zero-order chi connectivity index (χ0) is 20.4. The number of aromatic nitrogens is 2. The van der Waals surface area contributed by atoms with E-state index in [4.69, 9.17) is 0 Å². The Hall–Kier alpha value is -2.43. The molecule has 0 aliphatic carbocycles. The maximum atomic E-state index is 12.8. The van der Waals surface area contributed by atoms with Crippen molar-refractivity contribution in [3.8, 4) is 0 Å². The predicted octanol–water partition coefficient (Wildman–Crippen LogP) is 5.37. The molecule has 5 nitrogen and oxygen atoms in total. The standard InChI is InChI=1S/C23H33N3O2/c1-4-6-11-16-23(3,17-12-7-5-2)26-18-15-20(25-22(26)28)24-21(27)19-13-9-8-10-14-19/h8-10,13-15,18H,4-7,11-12,16-17H2,1-3H3,(H,24,25,27,28). The lowest BCUT2D eigenvalue weighted by atomic mass is 9.88. The summed E-state index contributed by atoms with van der Waals surface area (Å²) in [5, 5.41) is 2.72. The molecule has 152 valence electrons. The van der Waals surface area contributed by atoms with Crippen molar-refractivity contribution in [2.75, 3.05) is 5.32 Å². The zero-order valence-corrected chi connectivity index (χ0v) is 17.4. The van der Waals surface area contributed by atoms with E-state index in [9.17, 15) is 9.59 Å². The van der Waals surface area contributed by atoms with Gasteiger partial charge >= 0.3 is 5.69 Å². The summed E-state index contributed by atoms with van der Waals surface area (Å²) in [5.74, 6) is 0.0264. The smallest absolute Gasteiger partial charge is 0.306 e. The van der Waals surface area contributed by atoms with Gasteiger partial charge in [0.25, 0.3) is 5.91 Å². The number of carbonyl (C=O) groups excluding carboxylic acids is 1. The van der Waals surface area contributed by atoms with E-state index in [2.05, 4.69) is 31.1 Å². The summed E-state index contributed by atoms with van der Waals surface area (Å²) >= 11 is 0. The summed E-state index contributed by atoms with van der Waals surface area (Å²) in [5.41, 5.74) is -0.00468. The van der Waals surface area contributed by atoms with Crippen molar-refractivity contribution in [1.82, 2.24) is 9.55 Å². The highest BCUT2D eigenvalue weighted by atomic mass is 16.2. The number of unbranched alkanes of at least 4 members (excludes halogenated alkanes) is 4. The summed E-state index contributed by atoms with van der Waals surface area (Å²) in [7, 11) is 0. The molecule has 2 aromatic rings. The van der Waals surface area contributed by atoms with Gasteiger partial charge in [0, 0.05) is 17.3 Å². The lowest BCUT2D eigenvalue weighted by Gasteiger charge is -2.32. The molecular formula is C23H33N3O2. The largest absolute Gasteiger partial charge is 0.350 e. The molecular weight excluding hydrogens is 350 g/mol. The van der Waals surface area contributed by atoms with Crippen LogP contribution in [-0.2, 0) is 5.54 Å². The average Bonchev–Trinajstić information content (AvgIpc) is 2.69. The van der Waals surface area contributed by atoms with E-state index < -0.39 is 0 Å². The fourth-order valence-electron chi connectivity index (χ4n) is 3.54. The molecule has 0 aliphatic rings. The fraction of sp³-hybridized carbons (Fsp3) is 0.522. The average molecular weight is 384 g/mol. The molecule has 1 heterocycles. The van der Waals surface area contributed by atoms with Crippen LogP contribution in [0.25, 0.3) is 0 Å². The van der Waals surface area contributed by atoms with Gasteiger partial charge in [0.1, 0.15) is 5.82 Å². The van der Waals surface area contributed by atoms with Crippen LogP contribution in [0.4, 0.5) is 5.82 Å². The van der Waals surface area contributed by atoms with Crippen molar-refractivity contribution in [2.24, 2.45) is 0 Å². The molecule has 1 N–H and O–H groups in total. The number of carbonyl (C=O) groups is 1. The first-order valence-corrected chi connectivity index (χ1v) is 10.5. The number of rotatable bonds is 11. The third-order valence-electron chi connectivity index (χ3n) is 5.30. The van der Waals surface area contributed by atoms with Crippen LogP contribution in [0.2, 0.25) is 0 Å². The molecule has 2 rings (SSSR count). The second kappa shape index (κ2) is 10.8. The number of nitrogens with zero attached hydrogens (tertiary/aromatic N) is 2.